The van der Waals surface area contributed by atoms with Gasteiger partial charge in [-0.2, -0.15) is 0 Å². The van der Waals surface area contributed by atoms with Crippen LogP contribution in [-0.2, 0) is 30.8 Å². The molecule has 1 aliphatic heterocycles. The van der Waals surface area contributed by atoms with Gasteiger partial charge in [-0.05, 0) is 17.7 Å². The number of amides is 1. The van der Waals surface area contributed by atoms with Crippen LogP contribution in [0.1, 0.15) is 5.56 Å². The van der Waals surface area contributed by atoms with Crippen molar-refractivity contribution < 1.29 is 22.7 Å². The Hall–Kier alpha value is -1.23. The first kappa shape index (κ1) is 21.8. The van der Waals surface area contributed by atoms with E-state index in [-0.39, 0.29) is 35.8 Å². The lowest BCUT2D eigenvalue weighted by Gasteiger charge is -2.22. The largest absolute Gasteiger partial charge is 0.383 e. The van der Waals surface area contributed by atoms with E-state index in [1.165, 1.54) is 19.2 Å². The molecule has 0 aromatic heterocycles. The minimum absolute atomic E-state index is 0. The molecule has 25 heavy (non-hydrogen) atoms. The van der Waals surface area contributed by atoms with Gasteiger partial charge in [0.1, 0.15) is 6.04 Å². The average molecular weight is 394 g/mol. The zero-order valence-corrected chi connectivity index (χ0v) is 15.6. The highest BCUT2D eigenvalue weighted by Gasteiger charge is 2.20. The third-order valence-corrected chi connectivity index (χ3v) is 5.01. The van der Waals surface area contributed by atoms with Crippen LogP contribution in [0.3, 0.4) is 0 Å². The Morgan fingerprint density at radius 2 is 2.08 bits per heavy atom. The van der Waals surface area contributed by atoms with E-state index in [0.717, 1.165) is 5.56 Å². The number of hydrogen-bond donors (Lipinski definition) is 3. The second kappa shape index (κ2) is 10.7. The van der Waals surface area contributed by atoms with Crippen LogP contribution in [-0.4, -0.2) is 60.4 Å². The predicted molar refractivity (Wildman–Crippen MR) is 95.2 cm³/mol. The first-order valence-corrected chi connectivity index (χ1v) is 9.17. The van der Waals surface area contributed by atoms with Crippen molar-refractivity contribution in [1.29, 1.82) is 0 Å². The molecule has 10 heteroatoms. The third-order valence-electron chi connectivity index (χ3n) is 3.54. The number of halogens is 1. The topological polar surface area (TPSA) is 106 Å². The van der Waals surface area contributed by atoms with Gasteiger partial charge in [-0.3, -0.25) is 4.79 Å². The first-order chi connectivity index (χ1) is 11.5. The van der Waals surface area contributed by atoms with Crippen LogP contribution in [0.25, 0.3) is 0 Å². The van der Waals surface area contributed by atoms with Gasteiger partial charge < -0.3 is 20.1 Å². The van der Waals surface area contributed by atoms with Gasteiger partial charge in [-0.15, -0.1) is 12.4 Å². The van der Waals surface area contributed by atoms with Gasteiger partial charge in [-0.1, -0.05) is 12.1 Å². The summed E-state index contributed by atoms with van der Waals surface area (Å²) in [6.07, 6.45) is 0. The van der Waals surface area contributed by atoms with Crippen LogP contribution < -0.4 is 15.4 Å². The maximum absolute atomic E-state index is 12.0. The second-order valence-electron chi connectivity index (χ2n) is 5.33. The molecule has 1 aromatic carbocycles. The Morgan fingerprint density at radius 1 is 1.36 bits per heavy atom. The minimum atomic E-state index is -3.54. The van der Waals surface area contributed by atoms with Gasteiger partial charge in [0.2, 0.25) is 15.9 Å². The van der Waals surface area contributed by atoms with E-state index in [1.807, 2.05) is 0 Å². The van der Waals surface area contributed by atoms with Crippen molar-refractivity contribution in [1.82, 2.24) is 15.4 Å². The molecule has 0 aliphatic carbocycles. The molecule has 0 bridgehead atoms. The van der Waals surface area contributed by atoms with Crippen molar-refractivity contribution in [3.63, 3.8) is 0 Å². The van der Waals surface area contributed by atoms with E-state index < -0.39 is 10.0 Å². The lowest BCUT2D eigenvalue weighted by Crippen LogP contribution is -2.51. The highest BCUT2D eigenvalue weighted by atomic mass is 35.5. The van der Waals surface area contributed by atoms with E-state index in [2.05, 4.69) is 15.4 Å². The van der Waals surface area contributed by atoms with Gasteiger partial charge in [0.05, 0.1) is 24.7 Å². The zero-order valence-electron chi connectivity index (χ0n) is 14.0. The fourth-order valence-corrected chi connectivity index (χ4v) is 3.21. The number of carbonyl (C=O) groups is 1. The third kappa shape index (κ3) is 6.89. The molecule has 142 valence electrons. The Labute approximate surface area is 154 Å². The number of nitrogens with one attached hydrogen (secondary N) is 3. The number of ether oxygens (including phenoxy) is 2. The standard InChI is InChI=1S/C15H23N3O5S.ClH/c1-22-8-7-18-24(20,21)13-4-2-12(3-5-13)10-17-15(19)14-11-23-9-6-16-14;/h2-5,14,16,18H,6-11H2,1H3,(H,17,19);1H. The summed E-state index contributed by atoms with van der Waals surface area (Å²) in [4.78, 5) is 12.1. The van der Waals surface area contributed by atoms with Crippen molar-refractivity contribution in [2.45, 2.75) is 17.5 Å². The summed E-state index contributed by atoms with van der Waals surface area (Å²) in [5.74, 6) is -0.132. The average Bonchev–Trinajstić information content (AvgIpc) is 2.61. The molecular weight excluding hydrogens is 370 g/mol. The number of carbonyl (C=O) groups excluding carboxylic acids is 1. The minimum Gasteiger partial charge on any atom is -0.383 e. The molecule has 0 radical (unpaired) electrons. The van der Waals surface area contributed by atoms with Crippen molar-refractivity contribution >= 4 is 28.3 Å². The van der Waals surface area contributed by atoms with Crippen LogP contribution in [0.5, 0.6) is 0 Å². The van der Waals surface area contributed by atoms with Crippen molar-refractivity contribution in [3.05, 3.63) is 29.8 Å². The van der Waals surface area contributed by atoms with E-state index >= 15 is 0 Å². The number of rotatable bonds is 8. The monoisotopic (exact) mass is 393 g/mol. The quantitative estimate of drug-likeness (QED) is 0.521. The zero-order chi connectivity index (χ0) is 17.4. The van der Waals surface area contributed by atoms with Crippen molar-refractivity contribution in [3.8, 4) is 0 Å². The smallest absolute Gasteiger partial charge is 0.240 e. The number of methoxy groups -OCH3 is 1. The SMILES string of the molecule is COCCNS(=O)(=O)c1ccc(CNC(=O)C2COCCN2)cc1.Cl. The van der Waals surface area contributed by atoms with Crippen LogP contribution in [0.4, 0.5) is 0 Å². The number of sulfonamides is 1. The summed E-state index contributed by atoms with van der Waals surface area (Å²) >= 11 is 0. The van der Waals surface area contributed by atoms with Crippen LogP contribution in [0, 0.1) is 0 Å². The van der Waals surface area contributed by atoms with E-state index in [0.29, 0.717) is 32.9 Å². The Balaban J connectivity index is 0.00000312. The van der Waals surface area contributed by atoms with Gasteiger partial charge >= 0.3 is 0 Å². The molecule has 1 saturated heterocycles. The summed E-state index contributed by atoms with van der Waals surface area (Å²) in [5.41, 5.74) is 0.816. The lowest BCUT2D eigenvalue weighted by molar-refractivity contribution is -0.126. The fraction of sp³-hybridized carbons (Fsp3) is 0.533. The van der Waals surface area contributed by atoms with Gasteiger partial charge in [-0.25, -0.2) is 13.1 Å². The highest BCUT2D eigenvalue weighted by Crippen LogP contribution is 2.10. The predicted octanol–water partition coefficient (Wildman–Crippen LogP) is -0.362. The molecule has 1 atom stereocenters. The summed E-state index contributed by atoms with van der Waals surface area (Å²) in [6.45, 7) is 2.47. The molecule has 1 aliphatic rings. The van der Waals surface area contributed by atoms with E-state index in [1.54, 1.807) is 12.1 Å². The summed E-state index contributed by atoms with van der Waals surface area (Å²) in [6, 6.07) is 6.03. The normalized spacial score (nSPS) is 17.6. The molecule has 1 aromatic rings. The molecule has 1 amide bonds. The number of morpholine rings is 1. The molecular formula is C15H24ClN3O5S. The van der Waals surface area contributed by atoms with Gasteiger partial charge in [0.15, 0.2) is 0 Å². The summed E-state index contributed by atoms with van der Waals surface area (Å²) in [7, 11) is -2.04. The Bertz CT molecular complexity index is 633. The molecule has 2 rings (SSSR count). The molecule has 1 unspecified atom stereocenters. The number of benzene rings is 1. The molecule has 0 spiro atoms. The fourth-order valence-electron chi connectivity index (χ4n) is 2.19. The molecule has 0 saturated carbocycles. The van der Waals surface area contributed by atoms with E-state index in [4.69, 9.17) is 9.47 Å². The first-order valence-electron chi connectivity index (χ1n) is 7.69. The lowest BCUT2D eigenvalue weighted by atomic mass is 10.2. The maximum Gasteiger partial charge on any atom is 0.240 e. The summed E-state index contributed by atoms with van der Waals surface area (Å²) < 4.78 is 36.6. The van der Waals surface area contributed by atoms with E-state index in [9.17, 15) is 13.2 Å². The molecule has 1 fully saturated rings. The van der Waals surface area contributed by atoms with Crippen molar-refractivity contribution in [2.75, 3.05) is 40.0 Å². The Morgan fingerprint density at radius 3 is 2.68 bits per heavy atom. The van der Waals surface area contributed by atoms with Gasteiger partial charge in [0.25, 0.3) is 0 Å². The highest BCUT2D eigenvalue weighted by molar-refractivity contribution is 7.89. The molecule has 3 N–H and O–H groups in total. The molecule has 1 heterocycles. The summed E-state index contributed by atoms with van der Waals surface area (Å²) in [5, 5.41) is 5.88. The van der Waals surface area contributed by atoms with Gasteiger partial charge in [0, 0.05) is 26.7 Å². The number of hydrogen-bond acceptors (Lipinski definition) is 6. The van der Waals surface area contributed by atoms with Crippen LogP contribution in [0.2, 0.25) is 0 Å². The maximum atomic E-state index is 12.0. The molecule has 8 nitrogen and oxygen atoms in total. The second-order valence-corrected chi connectivity index (χ2v) is 7.10. The van der Waals surface area contributed by atoms with Crippen molar-refractivity contribution in [2.24, 2.45) is 0 Å². The van der Waals surface area contributed by atoms with Crippen LogP contribution in [0.15, 0.2) is 29.2 Å². The van der Waals surface area contributed by atoms with Crippen LogP contribution >= 0.6 is 12.4 Å². The Kier molecular flexibility index (Phi) is 9.33.